The van der Waals surface area contributed by atoms with Gasteiger partial charge < -0.3 is 30.7 Å². The third kappa shape index (κ3) is 10.2. The smallest absolute Gasteiger partial charge is 0.232 e. The van der Waals surface area contributed by atoms with Crippen LogP contribution in [0.15, 0.2) is 0 Å². The topological polar surface area (TPSA) is 84.5 Å². The third-order valence-electron chi connectivity index (χ3n) is 15.3. The summed E-state index contributed by atoms with van der Waals surface area (Å²) in [6.07, 6.45) is 9.60. The Kier molecular flexibility index (Phi) is 13.9. The standard InChI is InChI=1S/C45H87N9/c1-19-40(7,8)31(4)52(34-22-25-46-43(13,14)28-34)37-49-38(53(32(5)41(9,10)20-2)35-23-26-47-44(15,16)29-35)51-39(50-37)54(33(6)42(11,12)21-3)36-24-27-48-45(17,18)30-36/h31-36,46-48H,19-30H2,1-18H3. The molecule has 9 heteroatoms. The van der Waals surface area contributed by atoms with Gasteiger partial charge in [-0.2, -0.15) is 15.0 Å². The maximum absolute atomic E-state index is 5.77. The molecule has 3 fully saturated rings. The fourth-order valence-electron chi connectivity index (χ4n) is 9.40. The summed E-state index contributed by atoms with van der Waals surface area (Å²) in [5, 5.41) is 11.4. The van der Waals surface area contributed by atoms with Crippen LogP contribution in [0.25, 0.3) is 0 Å². The molecule has 1 aromatic heterocycles. The van der Waals surface area contributed by atoms with Gasteiger partial charge >= 0.3 is 0 Å². The number of rotatable bonds is 15. The van der Waals surface area contributed by atoms with Gasteiger partial charge in [0.2, 0.25) is 17.8 Å². The van der Waals surface area contributed by atoms with Gasteiger partial charge in [0.05, 0.1) is 0 Å². The molecule has 312 valence electrons. The molecule has 0 aliphatic carbocycles. The largest absolute Gasteiger partial charge is 0.334 e. The summed E-state index contributed by atoms with van der Waals surface area (Å²) < 4.78 is 0. The molecule has 1 aromatic rings. The van der Waals surface area contributed by atoms with Crippen molar-refractivity contribution in [3.8, 4) is 0 Å². The van der Waals surface area contributed by atoms with Gasteiger partial charge in [0.1, 0.15) is 0 Å². The Morgan fingerprint density at radius 2 is 0.722 bits per heavy atom. The molecule has 9 nitrogen and oxygen atoms in total. The lowest BCUT2D eigenvalue weighted by molar-refractivity contribution is 0.207. The molecule has 4 rings (SSSR count). The predicted octanol–water partition coefficient (Wildman–Crippen LogP) is 9.36. The molecule has 6 atom stereocenters. The van der Waals surface area contributed by atoms with Crippen molar-refractivity contribution < 1.29 is 0 Å². The van der Waals surface area contributed by atoms with E-state index in [1.54, 1.807) is 0 Å². The fourth-order valence-corrected chi connectivity index (χ4v) is 9.40. The highest BCUT2D eigenvalue weighted by molar-refractivity contribution is 5.51. The number of anilines is 3. The Labute approximate surface area is 333 Å². The van der Waals surface area contributed by atoms with E-state index in [4.69, 9.17) is 15.0 Å². The summed E-state index contributed by atoms with van der Waals surface area (Å²) in [5.41, 5.74) is 0.301. The van der Waals surface area contributed by atoms with Crippen LogP contribution in [-0.2, 0) is 0 Å². The molecular weight excluding hydrogens is 667 g/mol. The first kappa shape index (κ1) is 45.0. The molecule has 3 N–H and O–H groups in total. The number of nitrogens with zero attached hydrogens (tertiary/aromatic N) is 6. The van der Waals surface area contributed by atoms with Gasteiger partial charge in [0.25, 0.3) is 0 Å². The summed E-state index contributed by atoms with van der Waals surface area (Å²) in [7, 11) is 0. The Hall–Kier alpha value is -1.71. The molecule has 3 aliphatic heterocycles. The van der Waals surface area contributed by atoms with Gasteiger partial charge in [0, 0.05) is 52.9 Å². The summed E-state index contributed by atoms with van der Waals surface area (Å²) >= 11 is 0. The van der Waals surface area contributed by atoms with Crippen molar-refractivity contribution in [1.82, 2.24) is 30.9 Å². The van der Waals surface area contributed by atoms with E-state index in [9.17, 15) is 0 Å². The van der Waals surface area contributed by atoms with Gasteiger partial charge in [-0.15, -0.1) is 0 Å². The highest BCUT2D eigenvalue weighted by atomic mass is 15.4. The quantitative estimate of drug-likeness (QED) is 0.162. The maximum atomic E-state index is 5.77. The number of aromatic nitrogens is 3. The average molecular weight is 754 g/mol. The first-order valence-electron chi connectivity index (χ1n) is 22.2. The number of hydrogen-bond donors (Lipinski definition) is 3. The SMILES string of the molecule is CCC(C)(C)C(C)N(c1nc(N(C2CCNC(C)(C)C2)C(C)C(C)(C)CC)nc(N(C2CCNC(C)(C)C2)C(C)C(C)(C)CC)n1)C1CCNC(C)(C)C1. The highest BCUT2D eigenvalue weighted by Crippen LogP contribution is 2.42. The zero-order chi connectivity index (χ0) is 40.7. The number of nitrogens with one attached hydrogen (secondary N) is 3. The molecule has 0 spiro atoms. The van der Waals surface area contributed by atoms with Gasteiger partial charge in [0.15, 0.2) is 0 Å². The summed E-state index contributed by atoms with van der Waals surface area (Å²) in [6.45, 7) is 46.1. The van der Waals surface area contributed by atoms with Gasteiger partial charge in [-0.1, -0.05) is 62.3 Å². The first-order chi connectivity index (χ1) is 24.8. The molecule has 0 radical (unpaired) electrons. The van der Waals surface area contributed by atoms with Crippen molar-refractivity contribution >= 4 is 17.8 Å². The van der Waals surface area contributed by atoms with Crippen LogP contribution in [0.2, 0.25) is 0 Å². The molecule has 6 unspecified atom stereocenters. The zero-order valence-electron chi connectivity index (χ0n) is 38.6. The molecule has 0 bridgehead atoms. The zero-order valence-corrected chi connectivity index (χ0v) is 38.6. The van der Waals surface area contributed by atoms with E-state index < -0.39 is 0 Å². The summed E-state index contributed by atoms with van der Waals surface area (Å²) in [6, 6.07) is 1.65. The Bertz CT molecular complexity index is 1190. The molecule has 3 aliphatic rings. The van der Waals surface area contributed by atoms with Crippen LogP contribution in [0.1, 0.15) is 182 Å². The van der Waals surface area contributed by atoms with Crippen LogP contribution >= 0.6 is 0 Å². The number of piperidine rings is 3. The minimum absolute atomic E-state index is 0.0364. The van der Waals surface area contributed by atoms with Crippen molar-refractivity contribution in [3.63, 3.8) is 0 Å². The van der Waals surface area contributed by atoms with Crippen molar-refractivity contribution in [3.05, 3.63) is 0 Å². The van der Waals surface area contributed by atoms with E-state index in [2.05, 4.69) is 155 Å². The Morgan fingerprint density at radius 1 is 0.500 bits per heavy atom. The lowest BCUT2D eigenvalue weighted by atomic mass is 9.79. The fraction of sp³-hybridized carbons (Fsp3) is 0.933. The van der Waals surface area contributed by atoms with E-state index in [1.165, 1.54) is 0 Å². The van der Waals surface area contributed by atoms with E-state index in [0.717, 1.165) is 95.3 Å². The van der Waals surface area contributed by atoms with Gasteiger partial charge in [-0.05, 0) is 156 Å². The van der Waals surface area contributed by atoms with Crippen LogP contribution in [0.5, 0.6) is 0 Å². The van der Waals surface area contributed by atoms with Crippen molar-refractivity contribution in [1.29, 1.82) is 0 Å². The summed E-state index contributed by atoms with van der Waals surface area (Å²) in [4.78, 5) is 25.3. The van der Waals surface area contributed by atoms with Crippen LogP contribution < -0.4 is 30.7 Å². The average Bonchev–Trinajstić information content (AvgIpc) is 3.07. The molecular formula is C45H87N9. The van der Waals surface area contributed by atoms with E-state index in [1.807, 2.05) is 0 Å². The molecule has 3 saturated heterocycles. The monoisotopic (exact) mass is 754 g/mol. The van der Waals surface area contributed by atoms with Crippen LogP contribution in [-0.4, -0.2) is 87.5 Å². The summed E-state index contributed by atoms with van der Waals surface area (Å²) in [5.74, 6) is 2.60. The van der Waals surface area contributed by atoms with E-state index >= 15 is 0 Å². The second-order valence-electron chi connectivity index (χ2n) is 21.9. The van der Waals surface area contributed by atoms with E-state index in [0.29, 0.717) is 18.1 Å². The minimum Gasteiger partial charge on any atom is -0.334 e. The highest BCUT2D eigenvalue weighted by Gasteiger charge is 2.45. The molecule has 0 saturated carbocycles. The van der Waals surface area contributed by atoms with E-state index in [-0.39, 0.29) is 51.0 Å². The number of hydrogen-bond acceptors (Lipinski definition) is 9. The molecule has 4 heterocycles. The Morgan fingerprint density at radius 3 is 0.907 bits per heavy atom. The van der Waals surface area contributed by atoms with Crippen LogP contribution in [0.3, 0.4) is 0 Å². The second kappa shape index (κ2) is 16.6. The Balaban J connectivity index is 2.09. The first-order valence-corrected chi connectivity index (χ1v) is 22.2. The van der Waals surface area contributed by atoms with Gasteiger partial charge in [-0.25, -0.2) is 0 Å². The predicted molar refractivity (Wildman–Crippen MR) is 233 cm³/mol. The minimum atomic E-state index is 0.0364. The van der Waals surface area contributed by atoms with Crippen LogP contribution in [0.4, 0.5) is 17.8 Å². The molecule has 0 amide bonds. The lowest BCUT2D eigenvalue weighted by Gasteiger charge is -2.51. The van der Waals surface area contributed by atoms with Crippen molar-refractivity contribution in [2.24, 2.45) is 16.2 Å². The molecule has 0 aromatic carbocycles. The normalized spacial score (nSPS) is 26.4. The van der Waals surface area contributed by atoms with Crippen LogP contribution in [0, 0.1) is 16.2 Å². The van der Waals surface area contributed by atoms with Crippen molar-refractivity contribution in [2.75, 3.05) is 34.3 Å². The third-order valence-corrected chi connectivity index (χ3v) is 15.3. The van der Waals surface area contributed by atoms with Crippen molar-refractivity contribution in [2.45, 2.75) is 235 Å². The maximum Gasteiger partial charge on any atom is 0.232 e. The second-order valence-corrected chi connectivity index (χ2v) is 21.9. The van der Waals surface area contributed by atoms with Gasteiger partial charge in [-0.3, -0.25) is 0 Å². The lowest BCUT2D eigenvalue weighted by Crippen LogP contribution is -2.59. The molecule has 54 heavy (non-hydrogen) atoms.